The summed E-state index contributed by atoms with van der Waals surface area (Å²) >= 11 is 0. The molecule has 3 rings (SSSR count). The highest BCUT2D eigenvalue weighted by atomic mass is 16.4. The van der Waals surface area contributed by atoms with Gasteiger partial charge in [0.05, 0.1) is 5.92 Å². The molecule has 2 amide bonds. The monoisotopic (exact) mass is 359 g/mol. The molecule has 1 heterocycles. The minimum Gasteiger partial charge on any atom is -0.481 e. The molecule has 2 aliphatic rings. The number of carboxylic acids is 1. The van der Waals surface area contributed by atoms with Crippen molar-refractivity contribution in [3.63, 3.8) is 0 Å². The van der Waals surface area contributed by atoms with E-state index in [-0.39, 0.29) is 18.0 Å². The number of aliphatic carboxylic acids is 1. The summed E-state index contributed by atoms with van der Waals surface area (Å²) in [5, 5.41) is 15.0. The first-order chi connectivity index (χ1) is 12.6. The molecule has 1 aromatic rings. The van der Waals surface area contributed by atoms with E-state index in [1.54, 1.807) is 0 Å². The fraction of sp³-hybridized carbons (Fsp3) is 0.600. The number of carbonyl (C=O) groups excluding carboxylic acids is 1. The van der Waals surface area contributed by atoms with Crippen LogP contribution in [-0.4, -0.2) is 42.8 Å². The molecule has 6 nitrogen and oxygen atoms in total. The molecule has 1 aliphatic heterocycles. The van der Waals surface area contributed by atoms with E-state index in [2.05, 4.69) is 39.8 Å². The molecule has 142 valence electrons. The van der Waals surface area contributed by atoms with Crippen molar-refractivity contribution in [2.24, 2.45) is 11.8 Å². The Morgan fingerprint density at radius 3 is 2.27 bits per heavy atom. The molecule has 0 bridgehead atoms. The van der Waals surface area contributed by atoms with Crippen LogP contribution >= 0.6 is 0 Å². The molecule has 1 saturated heterocycles. The topological polar surface area (TPSA) is 81.7 Å². The fourth-order valence-corrected chi connectivity index (χ4v) is 3.99. The Hall–Kier alpha value is -2.24. The van der Waals surface area contributed by atoms with E-state index in [0.717, 1.165) is 38.8 Å². The summed E-state index contributed by atoms with van der Waals surface area (Å²) in [6.45, 7) is 2.76. The Morgan fingerprint density at radius 2 is 1.65 bits per heavy atom. The first kappa shape index (κ1) is 18.5. The van der Waals surface area contributed by atoms with Crippen molar-refractivity contribution in [3.8, 4) is 0 Å². The summed E-state index contributed by atoms with van der Waals surface area (Å²) in [4.78, 5) is 25.5. The maximum absolute atomic E-state index is 12.1. The van der Waals surface area contributed by atoms with Gasteiger partial charge in [0.25, 0.3) is 0 Å². The van der Waals surface area contributed by atoms with Gasteiger partial charge in [-0.1, -0.05) is 18.2 Å². The molecule has 2 fully saturated rings. The zero-order valence-corrected chi connectivity index (χ0v) is 15.2. The van der Waals surface area contributed by atoms with E-state index < -0.39 is 5.97 Å². The lowest BCUT2D eigenvalue weighted by Gasteiger charge is -2.34. The summed E-state index contributed by atoms with van der Waals surface area (Å²) in [5.41, 5.74) is 1.27. The molecule has 3 N–H and O–H groups in total. The first-order valence-electron chi connectivity index (χ1n) is 9.69. The Morgan fingerprint density at radius 1 is 1.00 bits per heavy atom. The number of nitrogens with zero attached hydrogens (tertiary/aromatic N) is 1. The zero-order valence-electron chi connectivity index (χ0n) is 15.2. The standard InChI is InChI=1S/C20H29N3O3/c24-19(25)16-6-8-17(9-7-16)22-20(26)21-14-15-10-12-23(13-11-15)18-4-2-1-3-5-18/h1-5,15-17H,6-14H2,(H,24,25)(H2,21,22,26). The smallest absolute Gasteiger partial charge is 0.315 e. The van der Waals surface area contributed by atoms with Crippen LogP contribution in [0.3, 0.4) is 0 Å². The van der Waals surface area contributed by atoms with Crippen molar-refractivity contribution < 1.29 is 14.7 Å². The van der Waals surface area contributed by atoms with Crippen molar-refractivity contribution in [2.75, 3.05) is 24.5 Å². The summed E-state index contributed by atoms with van der Waals surface area (Å²) in [6, 6.07) is 10.4. The lowest BCUT2D eigenvalue weighted by atomic mass is 9.86. The van der Waals surface area contributed by atoms with Gasteiger partial charge in [0, 0.05) is 31.4 Å². The summed E-state index contributed by atoms with van der Waals surface area (Å²) in [5.74, 6) is -0.441. The van der Waals surface area contributed by atoms with Gasteiger partial charge in [-0.3, -0.25) is 4.79 Å². The van der Waals surface area contributed by atoms with Crippen molar-refractivity contribution in [1.29, 1.82) is 0 Å². The van der Waals surface area contributed by atoms with E-state index >= 15 is 0 Å². The molecule has 0 radical (unpaired) electrons. The lowest BCUT2D eigenvalue weighted by molar-refractivity contribution is -0.142. The minimum absolute atomic E-state index is 0.102. The maximum atomic E-state index is 12.1. The number of nitrogens with one attached hydrogen (secondary N) is 2. The second-order valence-corrected chi connectivity index (χ2v) is 7.51. The van der Waals surface area contributed by atoms with E-state index in [0.29, 0.717) is 25.3 Å². The van der Waals surface area contributed by atoms with Crippen LogP contribution in [0.5, 0.6) is 0 Å². The normalized spacial score (nSPS) is 24.1. The molecular formula is C20H29N3O3. The molecule has 6 heteroatoms. The zero-order chi connectivity index (χ0) is 18.4. The Kier molecular flexibility index (Phi) is 6.36. The number of amides is 2. The third-order valence-electron chi connectivity index (χ3n) is 5.70. The van der Waals surface area contributed by atoms with Gasteiger partial charge in [-0.2, -0.15) is 0 Å². The van der Waals surface area contributed by atoms with Crippen LogP contribution in [0.15, 0.2) is 30.3 Å². The van der Waals surface area contributed by atoms with Crippen molar-refractivity contribution in [1.82, 2.24) is 10.6 Å². The molecular weight excluding hydrogens is 330 g/mol. The Labute approximate surface area is 155 Å². The average molecular weight is 359 g/mol. The van der Waals surface area contributed by atoms with Crippen LogP contribution in [0.1, 0.15) is 38.5 Å². The largest absolute Gasteiger partial charge is 0.481 e. The number of hydrogen-bond donors (Lipinski definition) is 3. The Balaban J connectivity index is 1.32. The number of urea groups is 1. The predicted molar refractivity (Wildman–Crippen MR) is 101 cm³/mol. The van der Waals surface area contributed by atoms with Crippen molar-refractivity contribution in [3.05, 3.63) is 30.3 Å². The van der Waals surface area contributed by atoms with Gasteiger partial charge in [0.2, 0.25) is 0 Å². The molecule has 1 aliphatic carbocycles. The van der Waals surface area contributed by atoms with Gasteiger partial charge in [0.1, 0.15) is 0 Å². The lowest BCUT2D eigenvalue weighted by Crippen LogP contribution is -2.46. The van der Waals surface area contributed by atoms with Gasteiger partial charge >= 0.3 is 12.0 Å². The van der Waals surface area contributed by atoms with Crippen LogP contribution in [0.2, 0.25) is 0 Å². The molecule has 1 aromatic carbocycles. The van der Waals surface area contributed by atoms with Gasteiger partial charge in [-0.05, 0) is 56.6 Å². The van der Waals surface area contributed by atoms with Crippen molar-refractivity contribution >= 4 is 17.7 Å². The molecule has 0 aromatic heterocycles. The van der Waals surface area contributed by atoms with Crippen molar-refractivity contribution in [2.45, 2.75) is 44.6 Å². The third kappa shape index (κ3) is 5.13. The highest BCUT2D eigenvalue weighted by Crippen LogP contribution is 2.25. The second-order valence-electron chi connectivity index (χ2n) is 7.51. The molecule has 0 unspecified atom stereocenters. The van der Waals surface area contributed by atoms with Gasteiger partial charge in [-0.25, -0.2) is 4.79 Å². The Bertz CT molecular complexity index is 592. The highest BCUT2D eigenvalue weighted by molar-refractivity contribution is 5.74. The quantitative estimate of drug-likeness (QED) is 0.755. The first-order valence-corrected chi connectivity index (χ1v) is 9.69. The number of hydrogen-bond acceptors (Lipinski definition) is 3. The van der Waals surface area contributed by atoms with E-state index in [9.17, 15) is 9.59 Å². The number of piperidine rings is 1. The number of anilines is 1. The highest BCUT2D eigenvalue weighted by Gasteiger charge is 2.27. The van der Waals surface area contributed by atoms with Crippen LogP contribution in [0.25, 0.3) is 0 Å². The number of rotatable bonds is 5. The van der Waals surface area contributed by atoms with E-state index in [1.807, 2.05) is 6.07 Å². The summed E-state index contributed by atoms with van der Waals surface area (Å²) in [7, 11) is 0. The number of carbonyl (C=O) groups is 2. The SMILES string of the molecule is O=C(NCC1CCN(c2ccccc2)CC1)NC1CCC(C(=O)O)CC1. The summed E-state index contributed by atoms with van der Waals surface area (Å²) in [6.07, 6.45) is 4.97. The molecule has 0 atom stereocenters. The third-order valence-corrected chi connectivity index (χ3v) is 5.70. The van der Waals surface area contributed by atoms with Gasteiger partial charge < -0.3 is 20.6 Å². The number of benzene rings is 1. The second kappa shape index (κ2) is 8.92. The van der Waals surface area contributed by atoms with Crippen LogP contribution in [0, 0.1) is 11.8 Å². The average Bonchev–Trinajstić information content (AvgIpc) is 2.68. The van der Waals surface area contributed by atoms with Crippen LogP contribution in [0.4, 0.5) is 10.5 Å². The maximum Gasteiger partial charge on any atom is 0.315 e. The van der Waals surface area contributed by atoms with Crippen LogP contribution in [-0.2, 0) is 4.79 Å². The minimum atomic E-state index is -0.713. The van der Waals surface area contributed by atoms with Gasteiger partial charge in [0.15, 0.2) is 0 Å². The predicted octanol–water partition coefficient (Wildman–Crippen LogP) is 2.85. The van der Waals surface area contributed by atoms with E-state index in [4.69, 9.17) is 5.11 Å². The molecule has 26 heavy (non-hydrogen) atoms. The molecule has 1 saturated carbocycles. The fourth-order valence-electron chi connectivity index (χ4n) is 3.99. The van der Waals surface area contributed by atoms with E-state index in [1.165, 1.54) is 5.69 Å². The van der Waals surface area contributed by atoms with Crippen LogP contribution < -0.4 is 15.5 Å². The molecule has 0 spiro atoms. The number of para-hydroxylation sites is 1. The summed E-state index contributed by atoms with van der Waals surface area (Å²) < 4.78 is 0. The van der Waals surface area contributed by atoms with Gasteiger partial charge in [-0.15, -0.1) is 0 Å². The number of carboxylic acid groups (broad SMARTS) is 1.